The summed E-state index contributed by atoms with van der Waals surface area (Å²) in [5.41, 5.74) is 5.19. The summed E-state index contributed by atoms with van der Waals surface area (Å²) < 4.78 is 26.9. The Bertz CT molecular complexity index is 880. The Balaban J connectivity index is 2.15. The summed E-state index contributed by atoms with van der Waals surface area (Å²) in [6.45, 7) is 0.644. The fraction of sp³-hybridized carbons (Fsp3) is 0.300. The zero-order valence-corrected chi connectivity index (χ0v) is 18.6. The van der Waals surface area contributed by atoms with Crippen LogP contribution in [0.1, 0.15) is 20.7 Å². The molecule has 2 N–H and O–H groups in total. The van der Waals surface area contributed by atoms with Gasteiger partial charge in [-0.05, 0) is 30.3 Å². The average Bonchev–Trinajstić information content (AvgIpc) is 2.77. The summed E-state index contributed by atoms with van der Waals surface area (Å²) in [7, 11) is 5.90. The van der Waals surface area contributed by atoms with Crippen LogP contribution in [0.5, 0.6) is 23.0 Å². The number of benzene rings is 2. The minimum atomic E-state index is -0.570. The van der Waals surface area contributed by atoms with Gasteiger partial charge in [0.15, 0.2) is 11.5 Å². The summed E-state index contributed by atoms with van der Waals surface area (Å²) in [4.78, 5) is 25.1. The van der Waals surface area contributed by atoms with Crippen molar-refractivity contribution in [2.45, 2.75) is 0 Å². The molecule has 2 aromatic rings. The highest BCUT2D eigenvalue weighted by Gasteiger charge is 2.19. The number of halogens is 1. The van der Waals surface area contributed by atoms with Crippen LogP contribution in [0.2, 0.25) is 0 Å². The van der Waals surface area contributed by atoms with E-state index in [0.29, 0.717) is 34.1 Å². The van der Waals surface area contributed by atoms with Crippen molar-refractivity contribution in [1.29, 1.82) is 0 Å². The number of hydrogen-bond acceptors (Lipinski definition) is 7. The van der Waals surface area contributed by atoms with Gasteiger partial charge >= 0.3 is 0 Å². The van der Waals surface area contributed by atoms with E-state index in [1.807, 2.05) is 0 Å². The van der Waals surface area contributed by atoms with Gasteiger partial charge in [0, 0.05) is 17.1 Å². The van der Waals surface area contributed by atoms with E-state index in [-0.39, 0.29) is 17.7 Å². The van der Waals surface area contributed by atoms with Crippen molar-refractivity contribution in [1.82, 2.24) is 10.9 Å². The summed E-state index contributed by atoms with van der Waals surface area (Å²) in [6.07, 6.45) is 0. The van der Waals surface area contributed by atoms with E-state index in [1.165, 1.54) is 33.5 Å². The van der Waals surface area contributed by atoms with Gasteiger partial charge in [0.05, 0.1) is 33.5 Å². The largest absolute Gasteiger partial charge is 0.493 e. The highest BCUT2D eigenvalue weighted by molar-refractivity contribution is 9.10. The third-order valence-corrected chi connectivity index (χ3v) is 4.44. The molecule has 10 heteroatoms. The van der Waals surface area contributed by atoms with Crippen LogP contribution in [0.25, 0.3) is 0 Å². The van der Waals surface area contributed by atoms with E-state index < -0.39 is 11.8 Å². The molecule has 0 spiro atoms. The van der Waals surface area contributed by atoms with E-state index in [0.717, 1.165) is 0 Å². The van der Waals surface area contributed by atoms with Crippen LogP contribution in [-0.4, -0.2) is 53.5 Å². The summed E-state index contributed by atoms with van der Waals surface area (Å²) >= 11 is 3.32. The normalized spacial score (nSPS) is 10.2. The predicted octanol–water partition coefficient (Wildman–Crippen LogP) is 2.57. The van der Waals surface area contributed by atoms with Crippen molar-refractivity contribution < 1.29 is 33.3 Å². The van der Waals surface area contributed by atoms with Crippen molar-refractivity contribution >= 4 is 27.7 Å². The molecule has 0 aliphatic carbocycles. The Labute approximate surface area is 182 Å². The summed E-state index contributed by atoms with van der Waals surface area (Å²) in [6, 6.07) is 7.93. The molecular weight excluding hydrogens is 460 g/mol. The second-order valence-electron chi connectivity index (χ2n) is 5.80. The molecule has 0 aliphatic rings. The number of hydrazine groups is 1. The molecule has 0 atom stereocenters. The quantitative estimate of drug-likeness (QED) is 0.418. The smallest absolute Gasteiger partial charge is 0.273 e. The monoisotopic (exact) mass is 482 g/mol. The van der Waals surface area contributed by atoms with Crippen LogP contribution in [0.3, 0.4) is 0 Å². The van der Waals surface area contributed by atoms with E-state index in [9.17, 15) is 9.59 Å². The number of hydrogen-bond donors (Lipinski definition) is 2. The number of methoxy groups -OCH3 is 4. The van der Waals surface area contributed by atoms with E-state index in [1.54, 1.807) is 25.3 Å². The number of carbonyl (C=O) groups is 2. The maximum atomic E-state index is 12.6. The number of carbonyl (C=O) groups excluding carboxylic acids is 2. The fourth-order valence-electron chi connectivity index (χ4n) is 2.51. The molecule has 0 aromatic heterocycles. The van der Waals surface area contributed by atoms with Gasteiger partial charge in [-0.1, -0.05) is 15.9 Å². The number of rotatable bonds is 9. The lowest BCUT2D eigenvalue weighted by molar-refractivity contribution is 0.0842. The molecular formula is C20H23BrN2O7. The third kappa shape index (κ3) is 5.77. The minimum Gasteiger partial charge on any atom is -0.493 e. The molecule has 30 heavy (non-hydrogen) atoms. The molecule has 2 amide bonds. The van der Waals surface area contributed by atoms with Crippen molar-refractivity contribution in [2.75, 3.05) is 41.7 Å². The van der Waals surface area contributed by atoms with Crippen LogP contribution < -0.4 is 29.8 Å². The Morgan fingerprint density at radius 1 is 0.833 bits per heavy atom. The highest BCUT2D eigenvalue weighted by atomic mass is 79.9. The van der Waals surface area contributed by atoms with E-state index in [4.69, 9.17) is 23.7 Å². The van der Waals surface area contributed by atoms with Crippen molar-refractivity contribution in [2.24, 2.45) is 0 Å². The lowest BCUT2D eigenvalue weighted by Crippen LogP contribution is -2.41. The molecule has 2 rings (SSSR count). The first-order valence-electron chi connectivity index (χ1n) is 8.77. The molecule has 0 saturated carbocycles. The van der Waals surface area contributed by atoms with Crippen LogP contribution in [0, 0.1) is 0 Å². The molecule has 0 fully saturated rings. The van der Waals surface area contributed by atoms with Crippen LogP contribution in [0.4, 0.5) is 0 Å². The third-order valence-electron chi connectivity index (χ3n) is 3.95. The standard InChI is InChI=1S/C20H23BrN2O7/c1-26-7-8-30-15-6-5-13(21)11-14(15)20(25)23-22-19(24)12-9-16(27-2)18(29-4)17(10-12)28-3/h5-6,9-11H,7-8H2,1-4H3,(H,22,24)(H,23,25). The lowest BCUT2D eigenvalue weighted by atomic mass is 10.1. The van der Waals surface area contributed by atoms with Gasteiger partial charge in [0.2, 0.25) is 5.75 Å². The molecule has 2 aromatic carbocycles. The maximum Gasteiger partial charge on any atom is 0.273 e. The molecule has 0 bridgehead atoms. The summed E-state index contributed by atoms with van der Waals surface area (Å²) in [5.74, 6) is 0.217. The number of nitrogens with one attached hydrogen (secondary N) is 2. The molecule has 0 heterocycles. The number of amides is 2. The van der Waals surface area contributed by atoms with Crippen molar-refractivity contribution in [3.8, 4) is 23.0 Å². The zero-order chi connectivity index (χ0) is 22.1. The molecule has 0 unspecified atom stereocenters. The average molecular weight is 483 g/mol. The van der Waals surface area contributed by atoms with Crippen molar-refractivity contribution in [3.05, 3.63) is 45.9 Å². The topological polar surface area (TPSA) is 104 Å². The van der Waals surface area contributed by atoms with Gasteiger partial charge in [-0.3, -0.25) is 20.4 Å². The van der Waals surface area contributed by atoms with Gasteiger partial charge in [-0.15, -0.1) is 0 Å². The molecule has 9 nitrogen and oxygen atoms in total. The lowest BCUT2D eigenvalue weighted by Gasteiger charge is -2.15. The van der Waals surface area contributed by atoms with Gasteiger partial charge in [-0.25, -0.2) is 0 Å². The van der Waals surface area contributed by atoms with Crippen LogP contribution >= 0.6 is 15.9 Å². The predicted molar refractivity (Wildman–Crippen MR) is 113 cm³/mol. The SMILES string of the molecule is COCCOc1ccc(Br)cc1C(=O)NNC(=O)c1cc(OC)c(OC)c(OC)c1. The molecule has 0 radical (unpaired) electrons. The zero-order valence-electron chi connectivity index (χ0n) is 17.0. The molecule has 162 valence electrons. The van der Waals surface area contributed by atoms with Crippen LogP contribution in [-0.2, 0) is 4.74 Å². The Kier molecular flexibility index (Phi) is 8.75. The van der Waals surface area contributed by atoms with E-state index in [2.05, 4.69) is 26.8 Å². The Hall–Kier alpha value is -2.98. The summed E-state index contributed by atoms with van der Waals surface area (Å²) in [5, 5.41) is 0. The maximum absolute atomic E-state index is 12.6. The second kappa shape index (κ2) is 11.3. The Morgan fingerprint density at radius 2 is 1.47 bits per heavy atom. The molecule has 0 aliphatic heterocycles. The fourth-order valence-corrected chi connectivity index (χ4v) is 2.87. The van der Waals surface area contributed by atoms with E-state index >= 15 is 0 Å². The van der Waals surface area contributed by atoms with Crippen LogP contribution in [0.15, 0.2) is 34.8 Å². The number of ether oxygens (including phenoxy) is 5. The Morgan fingerprint density at radius 3 is 2.03 bits per heavy atom. The van der Waals surface area contributed by atoms with Gasteiger partial charge < -0.3 is 23.7 Å². The van der Waals surface area contributed by atoms with Gasteiger partial charge in [0.25, 0.3) is 11.8 Å². The highest BCUT2D eigenvalue weighted by Crippen LogP contribution is 2.38. The van der Waals surface area contributed by atoms with Crippen molar-refractivity contribution in [3.63, 3.8) is 0 Å². The minimum absolute atomic E-state index is 0.204. The first-order chi connectivity index (χ1) is 14.4. The second-order valence-corrected chi connectivity index (χ2v) is 6.72. The first-order valence-corrected chi connectivity index (χ1v) is 9.56. The van der Waals surface area contributed by atoms with Gasteiger partial charge in [0.1, 0.15) is 12.4 Å². The molecule has 0 saturated heterocycles. The first kappa shape index (κ1) is 23.3. The van der Waals surface area contributed by atoms with Gasteiger partial charge in [-0.2, -0.15) is 0 Å².